The number of hydrogen-bond donors (Lipinski definition) is 0. The molecule has 1 saturated heterocycles. The number of aliphatic imine (C=N–C) groups is 1. The van der Waals surface area contributed by atoms with E-state index in [-0.39, 0.29) is 12.8 Å². The fourth-order valence-electron chi connectivity index (χ4n) is 5.17. The lowest BCUT2D eigenvalue weighted by Crippen LogP contribution is -2.46. The quantitative estimate of drug-likeness (QED) is 0.117. The van der Waals surface area contributed by atoms with Crippen LogP contribution in [-0.2, 0) is 20.7 Å². The Balaban J connectivity index is 1.11. The SMILES string of the molecule is CCCCCCCC(=O)OCOC1=Nc2cc(OCCCCN3CCN(c4cccc(Cl)c4Cl)CC3)ccc2CC1. The van der Waals surface area contributed by atoms with Crippen LogP contribution < -0.4 is 9.64 Å². The summed E-state index contributed by atoms with van der Waals surface area (Å²) in [6.45, 7) is 7.72. The van der Waals surface area contributed by atoms with Crippen LogP contribution in [0.15, 0.2) is 41.4 Å². The molecule has 0 unspecified atom stereocenters. The van der Waals surface area contributed by atoms with Crippen LogP contribution in [0.4, 0.5) is 11.4 Å². The molecule has 0 N–H and O–H groups in total. The van der Waals surface area contributed by atoms with Gasteiger partial charge >= 0.3 is 5.97 Å². The Morgan fingerprint density at radius 2 is 1.76 bits per heavy atom. The Morgan fingerprint density at radius 3 is 2.59 bits per heavy atom. The molecule has 0 aromatic heterocycles. The maximum absolute atomic E-state index is 11.9. The van der Waals surface area contributed by atoms with Crippen LogP contribution >= 0.6 is 23.2 Å². The molecule has 0 radical (unpaired) electrons. The van der Waals surface area contributed by atoms with Crippen LogP contribution in [0.5, 0.6) is 5.75 Å². The third-order valence-corrected chi connectivity index (χ3v) is 8.43. The van der Waals surface area contributed by atoms with E-state index in [1.165, 1.54) is 24.8 Å². The van der Waals surface area contributed by atoms with E-state index in [0.29, 0.717) is 35.4 Å². The van der Waals surface area contributed by atoms with E-state index in [0.717, 1.165) is 82.0 Å². The van der Waals surface area contributed by atoms with Gasteiger partial charge in [-0.15, -0.1) is 0 Å². The average molecular weight is 605 g/mol. The summed E-state index contributed by atoms with van der Waals surface area (Å²) in [5, 5.41) is 1.24. The molecular weight excluding hydrogens is 561 g/mol. The second-order valence-electron chi connectivity index (χ2n) is 10.7. The Hall–Kier alpha value is -2.48. The minimum absolute atomic E-state index is 0.0818. The third kappa shape index (κ3) is 10.1. The number of benzene rings is 2. The maximum atomic E-state index is 11.9. The molecule has 0 atom stereocenters. The molecule has 2 aromatic carbocycles. The highest BCUT2D eigenvalue weighted by molar-refractivity contribution is 6.43. The largest absolute Gasteiger partial charge is 0.494 e. The average Bonchev–Trinajstić information content (AvgIpc) is 2.98. The van der Waals surface area contributed by atoms with Gasteiger partial charge in [-0.25, -0.2) is 4.99 Å². The standard InChI is InChI=1S/C32H43Cl2N3O4/c1-2-3-4-5-6-12-31(38)41-24-40-30-16-14-25-13-15-26(23-28(25)35-30)39-22-8-7-17-36-18-20-37(21-19-36)29-11-9-10-27(33)32(29)34/h9-11,13,15,23H,2-8,12,14,16-22,24H2,1H3. The smallest absolute Gasteiger partial charge is 0.308 e. The van der Waals surface area contributed by atoms with Gasteiger partial charge in [-0.2, -0.15) is 0 Å². The van der Waals surface area contributed by atoms with Gasteiger partial charge in [-0.05, 0) is 56.0 Å². The van der Waals surface area contributed by atoms with E-state index >= 15 is 0 Å². The minimum Gasteiger partial charge on any atom is -0.494 e. The molecule has 41 heavy (non-hydrogen) atoms. The molecule has 2 heterocycles. The number of piperazine rings is 1. The zero-order valence-corrected chi connectivity index (χ0v) is 25.7. The number of ether oxygens (including phenoxy) is 3. The summed E-state index contributed by atoms with van der Waals surface area (Å²) in [5.74, 6) is 1.21. The van der Waals surface area contributed by atoms with Crippen molar-refractivity contribution in [2.45, 2.75) is 71.1 Å². The monoisotopic (exact) mass is 603 g/mol. The number of esters is 1. The van der Waals surface area contributed by atoms with Gasteiger partial charge in [0.05, 0.1) is 28.0 Å². The summed E-state index contributed by atoms with van der Waals surface area (Å²) < 4.78 is 16.9. The number of hydrogen-bond acceptors (Lipinski definition) is 7. The van der Waals surface area contributed by atoms with Crippen molar-refractivity contribution in [3.63, 3.8) is 0 Å². The maximum Gasteiger partial charge on any atom is 0.308 e. The van der Waals surface area contributed by atoms with Gasteiger partial charge in [0, 0.05) is 45.1 Å². The molecule has 1 fully saturated rings. The predicted molar refractivity (Wildman–Crippen MR) is 167 cm³/mol. The van der Waals surface area contributed by atoms with Gasteiger partial charge in [-0.1, -0.05) is 67.9 Å². The number of aryl methyl sites for hydroxylation is 1. The molecule has 0 spiro atoms. The number of nitrogens with zero attached hydrogens (tertiary/aromatic N) is 3. The van der Waals surface area contributed by atoms with E-state index < -0.39 is 0 Å². The summed E-state index contributed by atoms with van der Waals surface area (Å²) in [4.78, 5) is 21.4. The number of rotatable bonds is 15. The predicted octanol–water partition coefficient (Wildman–Crippen LogP) is 7.83. The second-order valence-corrected chi connectivity index (χ2v) is 11.5. The van der Waals surface area contributed by atoms with Crippen LogP contribution in [0, 0.1) is 0 Å². The number of fused-ring (bicyclic) bond motifs is 1. The van der Waals surface area contributed by atoms with E-state index in [4.69, 9.17) is 37.4 Å². The van der Waals surface area contributed by atoms with Crippen molar-refractivity contribution in [2.75, 3.05) is 51.0 Å². The normalized spacial score (nSPS) is 15.3. The third-order valence-electron chi connectivity index (χ3n) is 7.62. The highest BCUT2D eigenvalue weighted by Gasteiger charge is 2.19. The van der Waals surface area contributed by atoms with Gasteiger partial charge in [0.15, 0.2) is 5.90 Å². The molecule has 9 heteroatoms. The molecule has 0 aliphatic carbocycles. The van der Waals surface area contributed by atoms with Crippen molar-refractivity contribution in [2.24, 2.45) is 4.99 Å². The van der Waals surface area contributed by atoms with E-state index in [9.17, 15) is 4.79 Å². The van der Waals surface area contributed by atoms with Crippen molar-refractivity contribution < 1.29 is 19.0 Å². The summed E-state index contributed by atoms with van der Waals surface area (Å²) in [6, 6.07) is 11.9. The molecule has 7 nitrogen and oxygen atoms in total. The van der Waals surface area contributed by atoms with Gasteiger partial charge < -0.3 is 19.1 Å². The fraction of sp³-hybridized carbons (Fsp3) is 0.562. The van der Waals surface area contributed by atoms with Crippen LogP contribution in [-0.4, -0.2) is 62.9 Å². The lowest BCUT2D eigenvalue weighted by molar-refractivity contribution is -0.151. The Kier molecular flexibility index (Phi) is 12.9. The molecule has 4 rings (SSSR count). The minimum atomic E-state index is -0.210. The van der Waals surface area contributed by atoms with Gasteiger partial charge in [-0.3, -0.25) is 9.69 Å². The first-order valence-electron chi connectivity index (χ1n) is 15.1. The molecule has 0 saturated carbocycles. The summed E-state index contributed by atoms with van der Waals surface area (Å²) in [7, 11) is 0. The summed E-state index contributed by atoms with van der Waals surface area (Å²) >= 11 is 12.6. The zero-order chi connectivity index (χ0) is 28.9. The Morgan fingerprint density at radius 1 is 0.927 bits per heavy atom. The lowest BCUT2D eigenvalue weighted by atomic mass is 10.0. The first kappa shape index (κ1) is 31.5. The molecule has 0 amide bonds. The highest BCUT2D eigenvalue weighted by atomic mass is 35.5. The summed E-state index contributed by atoms with van der Waals surface area (Å²) in [6.07, 6.45) is 9.56. The first-order chi connectivity index (χ1) is 20.0. The van der Waals surface area contributed by atoms with Crippen molar-refractivity contribution in [1.82, 2.24) is 4.90 Å². The summed E-state index contributed by atoms with van der Waals surface area (Å²) in [5.41, 5.74) is 3.06. The fourth-order valence-corrected chi connectivity index (χ4v) is 5.59. The molecule has 2 aliphatic heterocycles. The van der Waals surface area contributed by atoms with Crippen molar-refractivity contribution in [1.29, 1.82) is 0 Å². The molecule has 0 bridgehead atoms. The zero-order valence-electron chi connectivity index (χ0n) is 24.2. The van der Waals surface area contributed by atoms with E-state index in [1.807, 2.05) is 30.3 Å². The number of anilines is 1. The van der Waals surface area contributed by atoms with E-state index in [2.05, 4.69) is 27.8 Å². The number of unbranched alkanes of at least 4 members (excludes halogenated alkanes) is 5. The van der Waals surface area contributed by atoms with Gasteiger partial charge in [0.1, 0.15) is 5.75 Å². The first-order valence-corrected chi connectivity index (χ1v) is 15.8. The van der Waals surface area contributed by atoms with Gasteiger partial charge in [0.25, 0.3) is 0 Å². The van der Waals surface area contributed by atoms with Crippen LogP contribution in [0.1, 0.15) is 70.3 Å². The van der Waals surface area contributed by atoms with Crippen molar-refractivity contribution >= 4 is 46.4 Å². The Labute approximate surface area is 254 Å². The molecule has 224 valence electrons. The van der Waals surface area contributed by atoms with Crippen molar-refractivity contribution in [3.8, 4) is 5.75 Å². The molecule has 2 aliphatic rings. The lowest BCUT2D eigenvalue weighted by Gasteiger charge is -2.36. The van der Waals surface area contributed by atoms with Crippen molar-refractivity contribution in [3.05, 3.63) is 52.0 Å². The van der Waals surface area contributed by atoms with E-state index in [1.54, 1.807) is 0 Å². The second kappa shape index (κ2) is 16.8. The topological polar surface area (TPSA) is 63.6 Å². The Bertz CT molecular complexity index is 1150. The van der Waals surface area contributed by atoms with Crippen LogP contribution in [0.3, 0.4) is 0 Å². The van der Waals surface area contributed by atoms with Crippen LogP contribution in [0.2, 0.25) is 10.0 Å². The van der Waals surface area contributed by atoms with Crippen LogP contribution in [0.25, 0.3) is 0 Å². The van der Waals surface area contributed by atoms with Gasteiger partial charge in [0.2, 0.25) is 6.79 Å². The molecular formula is C32H43Cl2N3O4. The number of halogens is 2. The highest BCUT2D eigenvalue weighted by Crippen LogP contribution is 2.33. The molecule has 2 aromatic rings. The number of carbonyl (C=O) groups is 1. The number of carbonyl (C=O) groups excluding carboxylic acids is 1.